The van der Waals surface area contributed by atoms with Gasteiger partial charge in [0.05, 0.1) is 24.8 Å². The Hall–Kier alpha value is -1.63. The molecule has 22 heavy (non-hydrogen) atoms. The van der Waals surface area contributed by atoms with Crippen LogP contribution in [0.1, 0.15) is 23.2 Å². The number of carbonyl (C=O) groups is 1. The van der Waals surface area contributed by atoms with Crippen LogP contribution in [0.5, 0.6) is 5.75 Å². The number of ether oxygens (including phenoxy) is 2. The molecule has 0 aromatic heterocycles. The Balaban J connectivity index is 1.62. The number of benzene rings is 1. The van der Waals surface area contributed by atoms with Crippen LogP contribution in [-0.2, 0) is 4.74 Å². The maximum atomic E-state index is 12.0. The molecule has 1 aromatic rings. The summed E-state index contributed by atoms with van der Waals surface area (Å²) >= 11 is 0. The molecular formula is C16H22N2O4. The lowest BCUT2D eigenvalue weighted by atomic mass is 10.1. The third-order valence-corrected chi connectivity index (χ3v) is 4.04. The van der Waals surface area contributed by atoms with Crippen LogP contribution in [0.25, 0.3) is 0 Å². The van der Waals surface area contributed by atoms with Gasteiger partial charge in [-0.25, -0.2) is 0 Å². The molecule has 2 heterocycles. The van der Waals surface area contributed by atoms with Crippen LogP contribution >= 0.6 is 0 Å². The zero-order valence-electron chi connectivity index (χ0n) is 12.5. The normalized spacial score (nSPS) is 25.8. The van der Waals surface area contributed by atoms with E-state index in [1.165, 1.54) is 0 Å². The van der Waals surface area contributed by atoms with Crippen molar-refractivity contribution in [1.29, 1.82) is 0 Å². The van der Waals surface area contributed by atoms with Crippen LogP contribution in [0.2, 0.25) is 0 Å². The van der Waals surface area contributed by atoms with Crippen molar-refractivity contribution in [2.75, 3.05) is 32.8 Å². The Morgan fingerprint density at radius 1 is 1.41 bits per heavy atom. The van der Waals surface area contributed by atoms with E-state index in [1.807, 2.05) is 12.1 Å². The summed E-state index contributed by atoms with van der Waals surface area (Å²) in [7, 11) is 0. The SMILES string of the molecule is O=C1NCC(OC2CCCN(CCO)C2)Oc2ccccc21. The van der Waals surface area contributed by atoms with Gasteiger partial charge in [0.25, 0.3) is 5.91 Å². The molecule has 6 nitrogen and oxygen atoms in total. The molecule has 120 valence electrons. The first-order valence-electron chi connectivity index (χ1n) is 7.79. The molecular weight excluding hydrogens is 284 g/mol. The van der Waals surface area contributed by atoms with Crippen molar-refractivity contribution < 1.29 is 19.4 Å². The van der Waals surface area contributed by atoms with Crippen LogP contribution < -0.4 is 10.1 Å². The second-order valence-corrected chi connectivity index (χ2v) is 5.68. The third-order valence-electron chi connectivity index (χ3n) is 4.04. The Morgan fingerprint density at radius 3 is 3.14 bits per heavy atom. The molecule has 0 saturated carbocycles. The van der Waals surface area contributed by atoms with Gasteiger partial charge in [-0.05, 0) is 31.5 Å². The van der Waals surface area contributed by atoms with Crippen molar-refractivity contribution in [2.45, 2.75) is 25.2 Å². The number of hydrogen-bond donors (Lipinski definition) is 2. The van der Waals surface area contributed by atoms with Gasteiger partial charge in [-0.3, -0.25) is 9.69 Å². The van der Waals surface area contributed by atoms with Gasteiger partial charge in [0.1, 0.15) is 5.75 Å². The average molecular weight is 306 g/mol. The van der Waals surface area contributed by atoms with E-state index in [1.54, 1.807) is 12.1 Å². The highest BCUT2D eigenvalue weighted by Crippen LogP contribution is 2.23. The number of β-amino-alcohol motifs (C(OH)–C–C–N with tert-alkyl or cyclic N) is 1. The number of aliphatic hydroxyl groups excluding tert-OH is 1. The minimum atomic E-state index is -0.480. The van der Waals surface area contributed by atoms with Gasteiger partial charge >= 0.3 is 0 Å². The van der Waals surface area contributed by atoms with Crippen LogP contribution in [0.4, 0.5) is 0 Å². The maximum absolute atomic E-state index is 12.0. The molecule has 2 unspecified atom stereocenters. The molecule has 0 spiro atoms. The lowest BCUT2D eigenvalue weighted by molar-refractivity contribution is -0.131. The fourth-order valence-corrected chi connectivity index (χ4v) is 2.97. The largest absolute Gasteiger partial charge is 0.462 e. The molecule has 0 radical (unpaired) electrons. The zero-order chi connectivity index (χ0) is 15.4. The summed E-state index contributed by atoms with van der Waals surface area (Å²) < 4.78 is 11.9. The summed E-state index contributed by atoms with van der Waals surface area (Å²) in [6, 6.07) is 7.20. The number of aliphatic hydroxyl groups is 1. The van der Waals surface area contributed by atoms with Crippen molar-refractivity contribution in [2.24, 2.45) is 0 Å². The quantitative estimate of drug-likeness (QED) is 0.853. The molecule has 2 N–H and O–H groups in total. The molecule has 2 aliphatic heterocycles. The predicted molar refractivity (Wildman–Crippen MR) is 80.8 cm³/mol. The Labute approximate surface area is 130 Å². The molecule has 1 amide bonds. The van der Waals surface area contributed by atoms with Gasteiger partial charge in [0.15, 0.2) is 0 Å². The van der Waals surface area contributed by atoms with Crippen LogP contribution in [0, 0.1) is 0 Å². The number of nitrogens with one attached hydrogen (secondary N) is 1. The van der Waals surface area contributed by atoms with Crippen LogP contribution in [-0.4, -0.2) is 61.1 Å². The summed E-state index contributed by atoms with van der Waals surface area (Å²) in [5.74, 6) is 0.428. The van der Waals surface area contributed by atoms with E-state index in [-0.39, 0.29) is 18.6 Å². The summed E-state index contributed by atoms with van der Waals surface area (Å²) in [5, 5.41) is 11.9. The van der Waals surface area contributed by atoms with E-state index in [0.29, 0.717) is 24.4 Å². The van der Waals surface area contributed by atoms with Crippen molar-refractivity contribution in [3.63, 3.8) is 0 Å². The maximum Gasteiger partial charge on any atom is 0.255 e. The van der Waals surface area contributed by atoms with E-state index in [9.17, 15) is 4.79 Å². The van der Waals surface area contributed by atoms with E-state index in [4.69, 9.17) is 14.6 Å². The molecule has 1 saturated heterocycles. The number of fused-ring (bicyclic) bond motifs is 1. The van der Waals surface area contributed by atoms with Gasteiger partial charge in [0.2, 0.25) is 6.29 Å². The second-order valence-electron chi connectivity index (χ2n) is 5.68. The molecule has 2 aliphatic rings. The molecule has 3 rings (SSSR count). The van der Waals surface area contributed by atoms with Crippen LogP contribution in [0.15, 0.2) is 24.3 Å². The van der Waals surface area contributed by atoms with Gasteiger partial charge in [-0.1, -0.05) is 12.1 Å². The third kappa shape index (κ3) is 3.58. The summed E-state index contributed by atoms with van der Waals surface area (Å²) in [6.07, 6.45) is 1.59. The molecule has 1 aromatic carbocycles. The predicted octanol–water partition coefficient (Wildman–Crippen LogP) is 0.608. The van der Waals surface area contributed by atoms with Gasteiger partial charge in [-0.15, -0.1) is 0 Å². The lowest BCUT2D eigenvalue weighted by Gasteiger charge is -2.34. The minimum absolute atomic E-state index is 0.0625. The first kappa shape index (κ1) is 15.3. The van der Waals surface area contributed by atoms with Crippen LogP contribution in [0.3, 0.4) is 0 Å². The minimum Gasteiger partial charge on any atom is -0.462 e. The van der Waals surface area contributed by atoms with Crippen molar-refractivity contribution in [3.8, 4) is 5.75 Å². The van der Waals surface area contributed by atoms with Crippen molar-refractivity contribution >= 4 is 5.91 Å². The Morgan fingerprint density at radius 2 is 2.27 bits per heavy atom. The smallest absolute Gasteiger partial charge is 0.255 e. The van der Waals surface area contributed by atoms with Gasteiger partial charge < -0.3 is 19.9 Å². The summed E-state index contributed by atoms with van der Waals surface area (Å²) in [4.78, 5) is 14.2. The zero-order valence-corrected chi connectivity index (χ0v) is 12.5. The monoisotopic (exact) mass is 306 g/mol. The second kappa shape index (κ2) is 7.09. The number of amides is 1. The number of nitrogens with zero attached hydrogens (tertiary/aromatic N) is 1. The topological polar surface area (TPSA) is 71.0 Å². The fraction of sp³-hybridized carbons (Fsp3) is 0.562. The molecule has 1 fully saturated rings. The van der Waals surface area contributed by atoms with Crippen molar-refractivity contribution in [1.82, 2.24) is 10.2 Å². The number of hydrogen-bond acceptors (Lipinski definition) is 5. The first-order chi connectivity index (χ1) is 10.8. The number of likely N-dealkylation sites (tertiary alicyclic amines) is 1. The van der Waals surface area contributed by atoms with E-state index < -0.39 is 6.29 Å². The standard InChI is InChI=1S/C16H22N2O4/c19-9-8-18-7-3-4-12(11-18)21-15-10-17-16(20)13-5-1-2-6-14(13)22-15/h1-2,5-6,12,15,19H,3-4,7-11H2,(H,17,20). The highest BCUT2D eigenvalue weighted by atomic mass is 16.7. The summed E-state index contributed by atoms with van der Waals surface area (Å²) in [6.45, 7) is 2.95. The average Bonchev–Trinajstić information content (AvgIpc) is 2.68. The number of rotatable bonds is 4. The number of para-hydroxylation sites is 1. The molecule has 2 atom stereocenters. The van der Waals surface area contributed by atoms with E-state index >= 15 is 0 Å². The summed E-state index contributed by atoms with van der Waals surface area (Å²) in [5.41, 5.74) is 0.541. The number of carbonyl (C=O) groups excluding carboxylic acids is 1. The van der Waals surface area contributed by atoms with Gasteiger partial charge in [-0.2, -0.15) is 0 Å². The molecule has 0 bridgehead atoms. The highest BCUT2D eigenvalue weighted by Gasteiger charge is 2.27. The Kier molecular flexibility index (Phi) is 4.92. The van der Waals surface area contributed by atoms with Crippen molar-refractivity contribution in [3.05, 3.63) is 29.8 Å². The first-order valence-corrected chi connectivity index (χ1v) is 7.79. The molecule has 0 aliphatic carbocycles. The Bertz CT molecular complexity index is 521. The molecule has 6 heteroatoms. The number of piperidine rings is 1. The highest BCUT2D eigenvalue weighted by molar-refractivity contribution is 5.97. The van der Waals surface area contributed by atoms with Gasteiger partial charge in [0, 0.05) is 13.1 Å². The van der Waals surface area contributed by atoms with E-state index in [2.05, 4.69) is 10.2 Å². The lowest BCUT2D eigenvalue weighted by Crippen LogP contribution is -2.45. The van der Waals surface area contributed by atoms with E-state index in [0.717, 1.165) is 25.9 Å². The fourth-order valence-electron chi connectivity index (χ4n) is 2.97.